The van der Waals surface area contributed by atoms with Crippen LogP contribution in [-0.4, -0.2) is 208 Å². The SMILES string of the molecule is O=C(CCOCCOCCOCCOCCOCCOCCOCCOCCOCCOCCOCCOCCOCCC(=O)NCCC(=O)N1Cc2ccccc2C#Cc2ccccc21)NCCC(=O)N1Cc2ccccc2C#Cc2ccccc21. The van der Waals surface area contributed by atoms with E-state index >= 15 is 0 Å². The molecule has 2 aliphatic heterocycles. The number of para-hydroxylation sites is 2. The van der Waals surface area contributed by atoms with Gasteiger partial charge in [0.1, 0.15) is 0 Å². The van der Waals surface area contributed by atoms with Crippen molar-refractivity contribution in [1.82, 2.24) is 10.6 Å². The fourth-order valence-electron chi connectivity index (χ4n) is 8.55. The van der Waals surface area contributed by atoms with Gasteiger partial charge in [-0.3, -0.25) is 19.2 Å². The van der Waals surface area contributed by atoms with Gasteiger partial charge >= 0.3 is 0 Å². The van der Waals surface area contributed by atoms with E-state index in [1.54, 1.807) is 9.80 Å². The third-order valence-electron chi connectivity index (χ3n) is 13.1. The van der Waals surface area contributed by atoms with Crippen LogP contribution in [0.15, 0.2) is 97.1 Å². The number of ether oxygens (including phenoxy) is 13. The molecule has 0 unspecified atom stereocenters. The zero-order valence-electron chi connectivity index (χ0n) is 50.1. The van der Waals surface area contributed by atoms with E-state index in [4.69, 9.17) is 61.6 Å². The number of carbonyl (C=O) groups is 4. The number of nitrogens with one attached hydrogen (secondary N) is 2. The number of anilines is 2. The van der Waals surface area contributed by atoms with Gasteiger partial charge in [-0.1, -0.05) is 84.3 Å². The lowest BCUT2D eigenvalue weighted by Crippen LogP contribution is -2.35. The molecule has 6 rings (SSSR count). The molecule has 21 heteroatoms. The van der Waals surface area contributed by atoms with Crippen molar-refractivity contribution in [2.24, 2.45) is 0 Å². The summed E-state index contributed by atoms with van der Waals surface area (Å²) >= 11 is 0. The Balaban J connectivity index is 0.582. The van der Waals surface area contributed by atoms with Crippen LogP contribution >= 0.6 is 0 Å². The molecule has 87 heavy (non-hydrogen) atoms. The molecule has 0 radical (unpaired) electrons. The lowest BCUT2D eigenvalue weighted by atomic mass is 10.0. The number of hydrogen-bond donors (Lipinski definition) is 2. The summed E-state index contributed by atoms with van der Waals surface area (Å²) in [6.07, 6.45) is 0.699. The molecule has 472 valence electrons. The number of fused-ring (bicyclic) bond motifs is 4. The van der Waals surface area contributed by atoms with E-state index < -0.39 is 0 Å². The van der Waals surface area contributed by atoms with Crippen molar-refractivity contribution in [2.45, 2.75) is 38.8 Å². The van der Waals surface area contributed by atoms with Crippen LogP contribution in [0.2, 0.25) is 0 Å². The van der Waals surface area contributed by atoms with Gasteiger partial charge < -0.3 is 82.0 Å². The Morgan fingerprint density at radius 1 is 0.299 bits per heavy atom. The van der Waals surface area contributed by atoms with E-state index in [0.717, 1.165) is 44.8 Å². The molecule has 0 spiro atoms. The predicted molar refractivity (Wildman–Crippen MR) is 325 cm³/mol. The lowest BCUT2D eigenvalue weighted by molar-refractivity contribution is -0.124. The molecule has 0 bridgehead atoms. The second-order valence-electron chi connectivity index (χ2n) is 19.5. The standard InChI is InChI=1S/C66H86N4O17/c71-63(67-25-21-65(73)69-53-59-13-3-1-9-55(59)17-19-57-11-5-7-15-61(57)69)23-27-75-29-31-77-33-35-79-37-39-81-41-43-83-45-47-85-49-51-87-52-50-86-48-46-84-44-42-82-40-38-80-36-34-78-32-30-76-28-24-64(72)68-26-22-66(74)70-54-60-14-4-2-10-56(60)18-20-58-12-6-8-16-62(58)70/h1-16H,21-54H2,(H,67,71)(H,68,72). The summed E-state index contributed by atoms with van der Waals surface area (Å²) in [5.74, 6) is 12.3. The van der Waals surface area contributed by atoms with Gasteiger partial charge in [-0.25, -0.2) is 0 Å². The number of nitrogens with zero attached hydrogens (tertiary/aromatic N) is 2. The summed E-state index contributed by atoms with van der Waals surface area (Å²) in [5.41, 5.74) is 6.88. The molecule has 0 fully saturated rings. The molecule has 0 saturated carbocycles. The first-order valence-electron chi connectivity index (χ1n) is 30.0. The molecule has 0 aliphatic carbocycles. The van der Waals surface area contributed by atoms with Gasteiger partial charge in [0, 0.05) is 61.0 Å². The molecular formula is C66H86N4O17. The molecule has 0 saturated heterocycles. The maximum atomic E-state index is 13.3. The van der Waals surface area contributed by atoms with Crippen molar-refractivity contribution in [3.63, 3.8) is 0 Å². The molecule has 4 amide bonds. The molecular weight excluding hydrogens is 1120 g/mol. The Kier molecular flexibility index (Phi) is 35.7. The van der Waals surface area contributed by atoms with E-state index in [9.17, 15) is 19.2 Å². The lowest BCUT2D eigenvalue weighted by Gasteiger charge is -2.26. The summed E-state index contributed by atoms with van der Waals surface area (Å²) in [6, 6.07) is 30.9. The van der Waals surface area contributed by atoms with Crippen LogP contribution in [0.5, 0.6) is 0 Å². The van der Waals surface area contributed by atoms with Crippen LogP contribution in [0.4, 0.5) is 11.4 Å². The first-order valence-corrected chi connectivity index (χ1v) is 30.0. The summed E-state index contributed by atoms with van der Waals surface area (Å²) in [7, 11) is 0. The molecule has 4 aromatic rings. The summed E-state index contributed by atoms with van der Waals surface area (Å²) in [4.78, 5) is 54.9. The first kappa shape index (κ1) is 69.5. The first-order chi connectivity index (χ1) is 43.0. The van der Waals surface area contributed by atoms with Gasteiger partial charge in [-0.15, -0.1) is 0 Å². The average molecular weight is 1210 g/mol. The minimum atomic E-state index is -0.180. The molecule has 0 atom stereocenters. The predicted octanol–water partition coefficient (Wildman–Crippen LogP) is 4.89. The van der Waals surface area contributed by atoms with Gasteiger partial charge in [0.05, 0.1) is 196 Å². The van der Waals surface area contributed by atoms with Crippen LogP contribution in [0.3, 0.4) is 0 Å². The third kappa shape index (κ3) is 29.3. The summed E-state index contributed by atoms with van der Waals surface area (Å²) in [6.45, 7) is 12.2. The van der Waals surface area contributed by atoms with Gasteiger partial charge in [0.25, 0.3) is 0 Å². The second-order valence-corrected chi connectivity index (χ2v) is 19.5. The topological polar surface area (TPSA) is 219 Å². The van der Waals surface area contributed by atoms with E-state index in [1.807, 2.05) is 97.1 Å². The second kappa shape index (κ2) is 44.7. The highest BCUT2D eigenvalue weighted by Crippen LogP contribution is 2.27. The molecule has 0 aromatic heterocycles. The zero-order valence-corrected chi connectivity index (χ0v) is 50.1. The highest BCUT2D eigenvalue weighted by Gasteiger charge is 2.23. The van der Waals surface area contributed by atoms with Crippen molar-refractivity contribution in [1.29, 1.82) is 0 Å². The Morgan fingerprint density at radius 2 is 0.529 bits per heavy atom. The van der Waals surface area contributed by atoms with Crippen molar-refractivity contribution in [2.75, 3.05) is 195 Å². The number of benzene rings is 4. The van der Waals surface area contributed by atoms with Crippen LogP contribution in [0.25, 0.3) is 0 Å². The van der Waals surface area contributed by atoms with E-state index in [0.29, 0.717) is 172 Å². The van der Waals surface area contributed by atoms with Gasteiger partial charge in [0.2, 0.25) is 23.6 Å². The smallest absolute Gasteiger partial charge is 0.229 e. The number of hydrogen-bond acceptors (Lipinski definition) is 17. The molecule has 2 heterocycles. The van der Waals surface area contributed by atoms with Gasteiger partial charge in [-0.05, 0) is 47.5 Å². The fraction of sp³-hybridized carbons (Fsp3) is 0.515. The maximum absolute atomic E-state index is 13.3. The van der Waals surface area contributed by atoms with Crippen LogP contribution in [0.1, 0.15) is 59.1 Å². The van der Waals surface area contributed by atoms with Gasteiger partial charge in [0.15, 0.2) is 0 Å². The normalized spacial score (nSPS) is 12.2. The maximum Gasteiger partial charge on any atom is 0.229 e. The zero-order chi connectivity index (χ0) is 60.9. The molecule has 21 nitrogen and oxygen atoms in total. The van der Waals surface area contributed by atoms with Crippen LogP contribution < -0.4 is 20.4 Å². The van der Waals surface area contributed by atoms with Crippen molar-refractivity contribution in [3.05, 3.63) is 130 Å². The van der Waals surface area contributed by atoms with Crippen molar-refractivity contribution >= 4 is 35.0 Å². The minimum Gasteiger partial charge on any atom is -0.379 e. The third-order valence-corrected chi connectivity index (χ3v) is 13.1. The summed E-state index contributed by atoms with van der Waals surface area (Å²) in [5, 5.41) is 5.65. The van der Waals surface area contributed by atoms with E-state index in [-0.39, 0.29) is 75.6 Å². The van der Waals surface area contributed by atoms with Crippen LogP contribution in [-0.2, 0) is 93.8 Å². The Bertz CT molecular complexity index is 2560. The van der Waals surface area contributed by atoms with Gasteiger partial charge in [-0.2, -0.15) is 0 Å². The van der Waals surface area contributed by atoms with E-state index in [1.165, 1.54) is 0 Å². The Labute approximate surface area is 512 Å². The van der Waals surface area contributed by atoms with Crippen molar-refractivity contribution in [3.8, 4) is 23.7 Å². The number of carbonyl (C=O) groups excluding carboxylic acids is 4. The van der Waals surface area contributed by atoms with Crippen molar-refractivity contribution < 1.29 is 80.8 Å². The average Bonchev–Trinajstić information content (AvgIpc) is 3.65. The molecule has 2 aliphatic rings. The largest absolute Gasteiger partial charge is 0.379 e. The highest BCUT2D eigenvalue weighted by atomic mass is 16.6. The summed E-state index contributed by atoms with van der Waals surface area (Å²) < 4.78 is 72.0. The molecule has 4 aromatic carbocycles. The number of rotatable bonds is 48. The number of amides is 4. The fourth-order valence-corrected chi connectivity index (χ4v) is 8.55. The Hall–Kier alpha value is -6.64. The van der Waals surface area contributed by atoms with E-state index in [2.05, 4.69) is 34.3 Å². The molecule has 2 N–H and O–H groups in total. The highest BCUT2D eigenvalue weighted by molar-refractivity contribution is 5.96. The Morgan fingerprint density at radius 3 is 0.816 bits per heavy atom. The van der Waals surface area contributed by atoms with Crippen LogP contribution in [0, 0.1) is 23.7 Å². The monoisotopic (exact) mass is 1210 g/mol. The quantitative estimate of drug-likeness (QED) is 0.0445. The minimum absolute atomic E-state index is 0.0890.